The van der Waals surface area contributed by atoms with E-state index < -0.39 is 20.7 Å². The summed E-state index contributed by atoms with van der Waals surface area (Å²) in [5.41, 5.74) is 6.57. The Bertz CT molecular complexity index is 1040. The van der Waals surface area contributed by atoms with Crippen LogP contribution in [0.15, 0.2) is 103 Å². The van der Waals surface area contributed by atoms with E-state index in [4.69, 9.17) is 2.81 Å². The molecule has 0 saturated carbocycles. The van der Waals surface area contributed by atoms with Gasteiger partial charge in [-0.25, -0.2) is 0 Å². The maximum atomic E-state index is 7.42. The Balaban J connectivity index is 1.90. The van der Waals surface area contributed by atoms with E-state index in [1.807, 2.05) is 0 Å². The van der Waals surface area contributed by atoms with Gasteiger partial charge in [0.05, 0.1) is 0 Å². The Morgan fingerprint density at radius 1 is 0.710 bits per heavy atom. The molecule has 0 heterocycles. The van der Waals surface area contributed by atoms with Crippen LogP contribution in [0.2, 0.25) is 3.12 Å². The number of hydrogen-bond donors (Lipinski definition) is 0. The van der Waals surface area contributed by atoms with Gasteiger partial charge in [0.15, 0.2) is 0 Å². The molecule has 1 atom stereocenters. The maximum absolute atomic E-state index is 7.42. The fourth-order valence-corrected chi connectivity index (χ4v) is 16.2. The van der Waals surface area contributed by atoms with Gasteiger partial charge in [-0.05, 0) is 0 Å². The standard InChI is InChI=1S/C8H10O.C7H9.2C7H7.Zr/c1-6-4-3-5-7(2)8(6)9;1-6-3-4-7(2)5-6;2*1-7-5-3-2-4-6-7;/h3-5,9H,1-2H3;3-5H,1-2H3;2*2-6H,1H2;/q;;;;+1/p-1. The number of benzene rings is 3. The van der Waals surface area contributed by atoms with Gasteiger partial charge < -0.3 is 0 Å². The van der Waals surface area contributed by atoms with E-state index in [9.17, 15) is 0 Å². The molecule has 0 amide bonds. The van der Waals surface area contributed by atoms with E-state index in [0.717, 1.165) is 14.0 Å². The molecule has 0 saturated heterocycles. The zero-order chi connectivity index (χ0) is 21.9. The van der Waals surface area contributed by atoms with Gasteiger partial charge in [0, 0.05) is 0 Å². The summed E-state index contributed by atoms with van der Waals surface area (Å²) in [6.07, 6.45) is 7.19. The molecule has 0 bridgehead atoms. The Labute approximate surface area is 192 Å². The second-order valence-electron chi connectivity index (χ2n) is 9.15. The minimum absolute atomic E-state index is 0.0286. The second kappa shape index (κ2) is 9.13. The monoisotopic (exact) mass is 486 g/mol. The van der Waals surface area contributed by atoms with Crippen LogP contribution in [0.3, 0.4) is 0 Å². The van der Waals surface area contributed by atoms with E-state index in [1.165, 1.54) is 27.8 Å². The molecule has 1 unspecified atom stereocenters. The number of hydrogen-bond acceptors (Lipinski definition) is 1. The Hall–Kier alpha value is -2.18. The molecule has 0 radical (unpaired) electrons. The summed E-state index contributed by atoms with van der Waals surface area (Å²) >= 11 is -3.50. The number of para-hydroxylation sites is 1. The Kier molecular flexibility index (Phi) is 6.49. The molecule has 0 aromatic heterocycles. The molecule has 4 rings (SSSR count). The normalized spacial score (nSPS) is 18.1. The minimum atomic E-state index is -3.50. The van der Waals surface area contributed by atoms with Crippen LogP contribution in [0.4, 0.5) is 0 Å². The molecule has 0 aliphatic heterocycles. The van der Waals surface area contributed by atoms with Crippen molar-refractivity contribution in [1.29, 1.82) is 0 Å². The third kappa shape index (κ3) is 4.70. The summed E-state index contributed by atoms with van der Waals surface area (Å²) < 4.78 is 9.45. The molecular weight excluding hydrogens is 456 g/mol. The van der Waals surface area contributed by atoms with Gasteiger partial charge in [-0.3, -0.25) is 0 Å². The van der Waals surface area contributed by atoms with Crippen LogP contribution in [0.5, 0.6) is 5.75 Å². The van der Waals surface area contributed by atoms with Crippen LogP contribution in [0.1, 0.15) is 36.1 Å². The second-order valence-corrected chi connectivity index (χ2v) is 18.9. The van der Waals surface area contributed by atoms with E-state index in [0.29, 0.717) is 0 Å². The topological polar surface area (TPSA) is 9.23 Å². The van der Waals surface area contributed by atoms with Crippen molar-refractivity contribution in [2.45, 2.75) is 39.1 Å². The van der Waals surface area contributed by atoms with Crippen LogP contribution < -0.4 is 2.81 Å². The predicted molar refractivity (Wildman–Crippen MR) is 128 cm³/mol. The van der Waals surface area contributed by atoms with E-state index in [-0.39, 0.29) is 3.12 Å². The van der Waals surface area contributed by atoms with Crippen molar-refractivity contribution in [3.8, 4) is 5.75 Å². The average molecular weight is 488 g/mol. The van der Waals surface area contributed by atoms with Crippen molar-refractivity contribution < 1.29 is 23.5 Å². The molecule has 3 aromatic carbocycles. The fourth-order valence-electron chi connectivity index (χ4n) is 4.79. The molecule has 1 nitrogen and oxygen atoms in total. The molecular formula is C29H32OZr. The predicted octanol–water partition coefficient (Wildman–Crippen LogP) is 7.85. The van der Waals surface area contributed by atoms with E-state index in [2.05, 4.69) is 125 Å². The Morgan fingerprint density at radius 3 is 1.68 bits per heavy atom. The molecule has 0 fully saturated rings. The zero-order valence-corrected chi connectivity index (χ0v) is 21.5. The van der Waals surface area contributed by atoms with Crippen molar-refractivity contribution in [3.05, 3.63) is 125 Å². The van der Waals surface area contributed by atoms with Crippen LogP contribution in [0.25, 0.3) is 0 Å². The first kappa shape index (κ1) is 22.0. The van der Waals surface area contributed by atoms with Crippen molar-refractivity contribution in [2.24, 2.45) is 0 Å². The summed E-state index contributed by atoms with van der Waals surface area (Å²) in [5, 5.41) is 0. The summed E-state index contributed by atoms with van der Waals surface area (Å²) in [4.78, 5) is 0. The summed E-state index contributed by atoms with van der Waals surface area (Å²) in [5.74, 6) is 1.10. The van der Waals surface area contributed by atoms with Gasteiger partial charge >= 0.3 is 193 Å². The summed E-state index contributed by atoms with van der Waals surface area (Å²) in [7, 11) is 0. The van der Waals surface area contributed by atoms with Crippen LogP contribution in [-0.4, -0.2) is 0 Å². The summed E-state index contributed by atoms with van der Waals surface area (Å²) in [6, 6.07) is 28.4. The van der Waals surface area contributed by atoms with Crippen LogP contribution in [-0.2, 0) is 29.0 Å². The SMILES string of the molecule is CC1=C[C](C)([Zr]([CH2]c2ccccc2)([CH2]c2ccccc2)[O]c2c(C)cccc2C)C=C1. The molecule has 0 N–H and O–H groups in total. The van der Waals surface area contributed by atoms with Gasteiger partial charge in [-0.2, -0.15) is 0 Å². The number of aryl methyl sites for hydroxylation is 2. The van der Waals surface area contributed by atoms with E-state index in [1.54, 1.807) is 0 Å². The molecule has 3 aromatic rings. The van der Waals surface area contributed by atoms with E-state index >= 15 is 0 Å². The van der Waals surface area contributed by atoms with Crippen molar-refractivity contribution in [2.75, 3.05) is 0 Å². The van der Waals surface area contributed by atoms with Crippen molar-refractivity contribution in [3.63, 3.8) is 0 Å². The third-order valence-corrected chi connectivity index (χ3v) is 18.4. The molecule has 2 heteroatoms. The molecule has 31 heavy (non-hydrogen) atoms. The summed E-state index contributed by atoms with van der Waals surface area (Å²) in [6.45, 7) is 8.98. The van der Waals surface area contributed by atoms with Crippen molar-refractivity contribution in [1.82, 2.24) is 0 Å². The quantitative estimate of drug-likeness (QED) is 0.330. The Morgan fingerprint density at radius 2 is 1.23 bits per heavy atom. The van der Waals surface area contributed by atoms with Gasteiger partial charge in [0.25, 0.3) is 0 Å². The van der Waals surface area contributed by atoms with Gasteiger partial charge in [-0.1, -0.05) is 0 Å². The first-order chi connectivity index (χ1) is 14.9. The first-order valence-corrected chi connectivity index (χ1v) is 16.8. The zero-order valence-electron chi connectivity index (χ0n) is 19.1. The average Bonchev–Trinajstić information content (AvgIpc) is 3.12. The van der Waals surface area contributed by atoms with Crippen LogP contribution in [0, 0.1) is 13.8 Å². The molecule has 0 spiro atoms. The van der Waals surface area contributed by atoms with Crippen molar-refractivity contribution >= 4 is 0 Å². The van der Waals surface area contributed by atoms with Crippen LogP contribution >= 0.6 is 0 Å². The number of rotatable bonds is 7. The number of allylic oxidation sites excluding steroid dienone is 4. The van der Waals surface area contributed by atoms with Gasteiger partial charge in [0.2, 0.25) is 0 Å². The first-order valence-electron chi connectivity index (χ1n) is 11.1. The molecule has 1 aliphatic rings. The van der Waals surface area contributed by atoms with Gasteiger partial charge in [0.1, 0.15) is 0 Å². The van der Waals surface area contributed by atoms with Gasteiger partial charge in [-0.15, -0.1) is 0 Å². The third-order valence-electron chi connectivity index (χ3n) is 6.57. The fraction of sp³-hybridized carbons (Fsp3) is 0.241. The molecule has 158 valence electrons. The molecule has 1 aliphatic carbocycles.